The minimum absolute atomic E-state index is 0.735. The number of halogens is 1. The second kappa shape index (κ2) is 5.98. The van der Waals surface area contributed by atoms with Gasteiger partial charge in [-0.05, 0) is 43.8 Å². The van der Waals surface area contributed by atoms with Gasteiger partial charge in [0.25, 0.3) is 0 Å². The van der Waals surface area contributed by atoms with Crippen LogP contribution in [0, 0.1) is 6.92 Å². The lowest BCUT2D eigenvalue weighted by Gasteiger charge is -2.11. The normalized spacial score (nSPS) is 10.4. The number of aromatic nitrogens is 1. The molecule has 0 saturated carbocycles. The van der Waals surface area contributed by atoms with Crippen LogP contribution < -0.4 is 10.1 Å². The third-order valence-electron chi connectivity index (χ3n) is 2.58. The van der Waals surface area contributed by atoms with Crippen molar-refractivity contribution in [1.82, 2.24) is 10.3 Å². The zero-order valence-corrected chi connectivity index (χ0v) is 12.0. The number of nitrogens with one attached hydrogen (secondary N) is 1. The highest BCUT2D eigenvalue weighted by Gasteiger charge is 2.05. The smallest absolute Gasteiger partial charge is 0.134 e. The number of nitrogens with zero attached hydrogens (tertiary/aromatic N) is 1. The molecule has 18 heavy (non-hydrogen) atoms. The maximum atomic E-state index is 5.90. The lowest BCUT2D eigenvalue weighted by atomic mass is 10.2. The Morgan fingerprint density at radius 2 is 2.17 bits per heavy atom. The van der Waals surface area contributed by atoms with Gasteiger partial charge >= 0.3 is 0 Å². The average molecular weight is 307 g/mol. The highest BCUT2D eigenvalue weighted by atomic mass is 79.9. The highest BCUT2D eigenvalue weighted by molar-refractivity contribution is 9.10. The molecule has 1 N–H and O–H groups in total. The number of pyridine rings is 1. The van der Waals surface area contributed by atoms with E-state index in [4.69, 9.17) is 4.74 Å². The Hall–Kier alpha value is -1.39. The second-order valence-corrected chi connectivity index (χ2v) is 4.88. The molecule has 2 aromatic rings. The minimum atomic E-state index is 0.735. The Bertz CT molecular complexity index is 543. The van der Waals surface area contributed by atoms with Crippen LogP contribution in [0.1, 0.15) is 11.1 Å². The fourth-order valence-electron chi connectivity index (χ4n) is 1.64. The van der Waals surface area contributed by atoms with E-state index in [1.54, 1.807) is 6.20 Å². The molecule has 0 atom stereocenters. The van der Waals surface area contributed by atoms with Crippen molar-refractivity contribution in [1.29, 1.82) is 0 Å². The van der Waals surface area contributed by atoms with E-state index in [0.29, 0.717) is 0 Å². The Labute approximate surface area is 115 Å². The van der Waals surface area contributed by atoms with E-state index in [9.17, 15) is 0 Å². The first-order valence-corrected chi connectivity index (χ1v) is 6.51. The molecule has 1 aromatic carbocycles. The van der Waals surface area contributed by atoms with Gasteiger partial charge < -0.3 is 10.1 Å². The van der Waals surface area contributed by atoms with E-state index in [1.807, 2.05) is 44.4 Å². The Morgan fingerprint density at radius 3 is 2.89 bits per heavy atom. The van der Waals surface area contributed by atoms with Crippen molar-refractivity contribution in [2.24, 2.45) is 0 Å². The summed E-state index contributed by atoms with van der Waals surface area (Å²) >= 11 is 3.48. The van der Waals surface area contributed by atoms with Gasteiger partial charge in [-0.15, -0.1) is 0 Å². The van der Waals surface area contributed by atoms with E-state index in [0.717, 1.165) is 33.6 Å². The zero-order valence-electron chi connectivity index (χ0n) is 10.4. The maximum Gasteiger partial charge on any atom is 0.134 e. The van der Waals surface area contributed by atoms with Crippen LogP contribution in [0.4, 0.5) is 0 Å². The standard InChI is InChI=1S/C14H15BrN2O/c1-10-7-12(3-4-13(10)15)18-14-5-6-17-9-11(14)8-16-2/h3-7,9,16H,8H2,1-2H3. The zero-order chi connectivity index (χ0) is 13.0. The minimum Gasteiger partial charge on any atom is -0.457 e. The molecule has 0 aliphatic heterocycles. The van der Waals surface area contributed by atoms with Gasteiger partial charge in [-0.1, -0.05) is 15.9 Å². The van der Waals surface area contributed by atoms with Gasteiger partial charge in [0.2, 0.25) is 0 Å². The molecule has 0 unspecified atom stereocenters. The van der Waals surface area contributed by atoms with Gasteiger partial charge in [-0.3, -0.25) is 4.98 Å². The van der Waals surface area contributed by atoms with Crippen LogP contribution in [0.2, 0.25) is 0 Å². The molecule has 0 saturated heterocycles. The summed E-state index contributed by atoms with van der Waals surface area (Å²) in [5.74, 6) is 1.67. The second-order valence-electron chi connectivity index (χ2n) is 4.03. The molecule has 4 heteroatoms. The van der Waals surface area contributed by atoms with E-state index in [-0.39, 0.29) is 0 Å². The van der Waals surface area contributed by atoms with Gasteiger partial charge in [0, 0.05) is 29.0 Å². The third-order valence-corrected chi connectivity index (χ3v) is 3.47. The molecule has 0 amide bonds. The van der Waals surface area contributed by atoms with Gasteiger partial charge in [-0.2, -0.15) is 0 Å². The number of ether oxygens (including phenoxy) is 1. The van der Waals surface area contributed by atoms with E-state index < -0.39 is 0 Å². The molecule has 0 aliphatic rings. The summed E-state index contributed by atoms with van der Waals surface area (Å²) in [5, 5.41) is 3.10. The summed E-state index contributed by atoms with van der Waals surface area (Å²) in [5.41, 5.74) is 2.19. The monoisotopic (exact) mass is 306 g/mol. The molecular weight excluding hydrogens is 292 g/mol. The van der Waals surface area contributed by atoms with Gasteiger partial charge in [0.15, 0.2) is 0 Å². The lowest BCUT2D eigenvalue weighted by molar-refractivity contribution is 0.473. The van der Waals surface area contributed by atoms with Crippen molar-refractivity contribution in [3.05, 3.63) is 52.3 Å². The molecule has 3 nitrogen and oxygen atoms in total. The highest BCUT2D eigenvalue weighted by Crippen LogP contribution is 2.27. The number of benzene rings is 1. The summed E-state index contributed by atoms with van der Waals surface area (Å²) in [7, 11) is 1.90. The molecule has 1 heterocycles. The Balaban J connectivity index is 2.25. The molecule has 0 spiro atoms. The van der Waals surface area contributed by atoms with Gasteiger partial charge in [0.1, 0.15) is 11.5 Å². The molecule has 0 radical (unpaired) electrons. The molecule has 0 aliphatic carbocycles. The number of rotatable bonds is 4. The fourth-order valence-corrected chi connectivity index (χ4v) is 1.89. The summed E-state index contributed by atoms with van der Waals surface area (Å²) in [6.07, 6.45) is 3.55. The van der Waals surface area contributed by atoms with E-state index in [2.05, 4.69) is 26.2 Å². The van der Waals surface area contributed by atoms with Crippen molar-refractivity contribution in [2.75, 3.05) is 7.05 Å². The summed E-state index contributed by atoms with van der Waals surface area (Å²) in [6, 6.07) is 7.82. The van der Waals surface area contributed by atoms with Crippen molar-refractivity contribution in [3.63, 3.8) is 0 Å². The number of hydrogen-bond donors (Lipinski definition) is 1. The largest absolute Gasteiger partial charge is 0.457 e. The van der Waals surface area contributed by atoms with Crippen molar-refractivity contribution in [2.45, 2.75) is 13.5 Å². The van der Waals surface area contributed by atoms with Crippen molar-refractivity contribution < 1.29 is 4.74 Å². The summed E-state index contributed by atoms with van der Waals surface area (Å²) in [4.78, 5) is 4.11. The number of aryl methyl sites for hydroxylation is 1. The lowest BCUT2D eigenvalue weighted by Crippen LogP contribution is -2.06. The first kappa shape index (κ1) is 13.1. The van der Waals surface area contributed by atoms with Gasteiger partial charge in [-0.25, -0.2) is 0 Å². The Kier molecular flexibility index (Phi) is 4.33. The fraction of sp³-hybridized carbons (Fsp3) is 0.214. The van der Waals surface area contributed by atoms with Gasteiger partial charge in [0.05, 0.1) is 0 Å². The van der Waals surface area contributed by atoms with E-state index >= 15 is 0 Å². The SMILES string of the molecule is CNCc1cnccc1Oc1ccc(Br)c(C)c1. The van der Waals surface area contributed by atoms with Crippen LogP contribution in [0.15, 0.2) is 41.1 Å². The summed E-state index contributed by atoms with van der Waals surface area (Å²) in [6.45, 7) is 2.77. The molecule has 2 rings (SSSR count). The summed E-state index contributed by atoms with van der Waals surface area (Å²) < 4.78 is 6.98. The van der Waals surface area contributed by atoms with Crippen LogP contribution in [0.3, 0.4) is 0 Å². The molecule has 94 valence electrons. The van der Waals surface area contributed by atoms with E-state index in [1.165, 1.54) is 0 Å². The average Bonchev–Trinajstić information content (AvgIpc) is 2.37. The molecular formula is C14H15BrN2O. The molecule has 0 fully saturated rings. The van der Waals surface area contributed by atoms with Crippen molar-refractivity contribution in [3.8, 4) is 11.5 Å². The quantitative estimate of drug-likeness (QED) is 0.936. The van der Waals surface area contributed by atoms with Crippen LogP contribution in [0.5, 0.6) is 11.5 Å². The molecule has 0 bridgehead atoms. The van der Waals surface area contributed by atoms with Crippen LogP contribution in [-0.2, 0) is 6.54 Å². The predicted octanol–water partition coefficient (Wildman–Crippen LogP) is 3.66. The van der Waals surface area contributed by atoms with Crippen LogP contribution >= 0.6 is 15.9 Å². The van der Waals surface area contributed by atoms with Crippen molar-refractivity contribution >= 4 is 15.9 Å². The predicted molar refractivity (Wildman–Crippen MR) is 76.0 cm³/mol. The van der Waals surface area contributed by atoms with Crippen LogP contribution in [-0.4, -0.2) is 12.0 Å². The topological polar surface area (TPSA) is 34.2 Å². The Morgan fingerprint density at radius 1 is 1.33 bits per heavy atom. The third kappa shape index (κ3) is 3.09. The van der Waals surface area contributed by atoms with Crippen LogP contribution in [0.25, 0.3) is 0 Å². The first-order valence-electron chi connectivity index (χ1n) is 5.72. The first-order chi connectivity index (χ1) is 8.70. The molecule has 1 aromatic heterocycles. The number of hydrogen-bond acceptors (Lipinski definition) is 3. The maximum absolute atomic E-state index is 5.90.